The van der Waals surface area contributed by atoms with Crippen LogP contribution in [-0.4, -0.2) is 10.9 Å². The van der Waals surface area contributed by atoms with E-state index in [1.807, 2.05) is 32.0 Å². The summed E-state index contributed by atoms with van der Waals surface area (Å²) < 4.78 is 18.8. The van der Waals surface area contributed by atoms with E-state index in [-0.39, 0.29) is 0 Å². The molecule has 0 saturated carbocycles. The summed E-state index contributed by atoms with van der Waals surface area (Å²) in [6.45, 7) is 3.71. The Morgan fingerprint density at radius 1 is 1.29 bits per heavy atom. The molecule has 0 saturated heterocycles. The lowest BCUT2D eigenvalue weighted by molar-refractivity contribution is 0.450. The molecule has 0 N–H and O–H groups in total. The third-order valence-electron chi connectivity index (χ3n) is 2.97. The van der Waals surface area contributed by atoms with Gasteiger partial charge in [0.15, 0.2) is 5.58 Å². The van der Waals surface area contributed by atoms with Gasteiger partial charge in [0, 0.05) is 23.1 Å². The highest BCUT2D eigenvalue weighted by Crippen LogP contribution is 2.32. The highest BCUT2D eigenvalue weighted by molar-refractivity contribution is 5.98. The molecule has 0 aliphatic carbocycles. The van der Waals surface area contributed by atoms with E-state index in [0.717, 1.165) is 22.4 Å². The molecule has 1 aromatic carbocycles. The summed E-state index contributed by atoms with van der Waals surface area (Å²) in [6, 6.07) is 5.61. The molecule has 0 atom stereocenters. The minimum Gasteiger partial charge on any atom is -0.356 e. The van der Waals surface area contributed by atoms with Crippen LogP contribution in [0.15, 0.2) is 33.7 Å². The maximum Gasteiger partial charge on any atom is 0.216 e. The Hall–Kier alpha value is -1.97. The molecule has 4 heteroatoms. The van der Waals surface area contributed by atoms with Gasteiger partial charge < -0.3 is 4.52 Å². The summed E-state index contributed by atoms with van der Waals surface area (Å²) in [6.07, 6.45) is 0.560. The zero-order valence-electron chi connectivity index (χ0n) is 9.62. The SMILES string of the molecule is CC1=NC(F)=C(c2ccc3c(C)noc3c2)C1. The van der Waals surface area contributed by atoms with Crippen molar-refractivity contribution in [2.24, 2.45) is 4.99 Å². The molecule has 0 fully saturated rings. The van der Waals surface area contributed by atoms with Crippen LogP contribution in [-0.2, 0) is 0 Å². The maximum absolute atomic E-state index is 13.6. The van der Waals surface area contributed by atoms with Gasteiger partial charge in [-0.15, -0.1) is 0 Å². The summed E-state index contributed by atoms with van der Waals surface area (Å²) in [5.74, 6) is -0.391. The molecule has 1 aromatic heterocycles. The fourth-order valence-electron chi connectivity index (χ4n) is 2.08. The Kier molecular flexibility index (Phi) is 2.11. The Morgan fingerprint density at radius 2 is 2.12 bits per heavy atom. The summed E-state index contributed by atoms with van der Waals surface area (Å²) in [7, 11) is 0. The molecule has 2 aromatic rings. The van der Waals surface area contributed by atoms with Gasteiger partial charge in [-0.05, 0) is 31.5 Å². The van der Waals surface area contributed by atoms with Crippen LogP contribution in [0.3, 0.4) is 0 Å². The van der Waals surface area contributed by atoms with Crippen molar-refractivity contribution in [3.05, 3.63) is 35.4 Å². The van der Waals surface area contributed by atoms with E-state index >= 15 is 0 Å². The van der Waals surface area contributed by atoms with E-state index in [9.17, 15) is 4.39 Å². The second-order valence-corrected chi connectivity index (χ2v) is 4.27. The summed E-state index contributed by atoms with van der Waals surface area (Å²) >= 11 is 0. The van der Waals surface area contributed by atoms with Gasteiger partial charge in [-0.25, -0.2) is 4.99 Å². The van der Waals surface area contributed by atoms with Crippen LogP contribution in [0.1, 0.15) is 24.6 Å². The van der Waals surface area contributed by atoms with Crippen molar-refractivity contribution in [2.75, 3.05) is 0 Å². The molecule has 1 aliphatic rings. The number of aliphatic imine (C=N–C) groups is 1. The third kappa shape index (κ3) is 1.56. The lowest BCUT2D eigenvalue weighted by Gasteiger charge is -2.01. The molecule has 2 heterocycles. The molecule has 17 heavy (non-hydrogen) atoms. The number of aromatic nitrogens is 1. The first-order valence-corrected chi connectivity index (χ1v) is 5.44. The molecule has 0 amide bonds. The molecule has 3 nitrogen and oxygen atoms in total. The predicted molar refractivity (Wildman–Crippen MR) is 64.5 cm³/mol. The minimum absolute atomic E-state index is 0.391. The Bertz CT molecular complexity index is 667. The first-order valence-electron chi connectivity index (χ1n) is 5.44. The van der Waals surface area contributed by atoms with Crippen molar-refractivity contribution in [3.63, 3.8) is 0 Å². The van der Waals surface area contributed by atoms with Crippen LogP contribution in [0.25, 0.3) is 16.5 Å². The molecular formula is C13H11FN2O. The van der Waals surface area contributed by atoms with E-state index in [1.54, 1.807) is 0 Å². The van der Waals surface area contributed by atoms with Gasteiger partial charge in [0.2, 0.25) is 5.95 Å². The first kappa shape index (κ1) is 10.2. The summed E-state index contributed by atoms with van der Waals surface area (Å²) in [4.78, 5) is 3.82. The number of aryl methyl sites for hydroxylation is 1. The standard InChI is InChI=1S/C13H11FN2O/c1-7-5-11(13(14)15-7)9-3-4-10-8(2)16-17-12(10)6-9/h3-4,6H,5H2,1-2H3. The molecule has 3 rings (SSSR count). The van der Waals surface area contributed by atoms with Crippen LogP contribution in [0, 0.1) is 6.92 Å². The molecule has 0 radical (unpaired) electrons. The first-order chi connectivity index (χ1) is 8.15. The van der Waals surface area contributed by atoms with Gasteiger partial charge >= 0.3 is 0 Å². The van der Waals surface area contributed by atoms with E-state index in [1.165, 1.54) is 0 Å². The average Bonchev–Trinajstić information content (AvgIpc) is 2.82. The van der Waals surface area contributed by atoms with Gasteiger partial charge in [0.25, 0.3) is 0 Å². The predicted octanol–water partition coefficient (Wildman–Crippen LogP) is 3.64. The normalized spacial score (nSPS) is 15.8. The summed E-state index contributed by atoms with van der Waals surface area (Å²) in [5.41, 5.74) is 3.77. The Balaban J connectivity index is 2.11. The zero-order valence-corrected chi connectivity index (χ0v) is 9.62. The zero-order chi connectivity index (χ0) is 12.0. The molecule has 86 valence electrons. The maximum atomic E-state index is 13.6. The number of fused-ring (bicyclic) bond motifs is 1. The number of rotatable bonds is 1. The molecule has 0 spiro atoms. The smallest absolute Gasteiger partial charge is 0.216 e. The van der Waals surface area contributed by atoms with E-state index < -0.39 is 5.95 Å². The monoisotopic (exact) mass is 230 g/mol. The van der Waals surface area contributed by atoms with Gasteiger partial charge in [-0.2, -0.15) is 4.39 Å². The quantitative estimate of drug-likeness (QED) is 0.701. The number of hydrogen-bond acceptors (Lipinski definition) is 3. The largest absolute Gasteiger partial charge is 0.356 e. The molecule has 1 aliphatic heterocycles. The fourth-order valence-corrected chi connectivity index (χ4v) is 2.08. The molecule has 0 unspecified atom stereocenters. The van der Waals surface area contributed by atoms with Crippen LogP contribution >= 0.6 is 0 Å². The van der Waals surface area contributed by atoms with E-state index in [0.29, 0.717) is 17.6 Å². The second kappa shape index (κ2) is 3.52. The topological polar surface area (TPSA) is 38.4 Å². The number of allylic oxidation sites excluding steroid dienone is 1. The van der Waals surface area contributed by atoms with Crippen LogP contribution < -0.4 is 0 Å². The van der Waals surface area contributed by atoms with E-state index in [4.69, 9.17) is 4.52 Å². The average molecular weight is 230 g/mol. The van der Waals surface area contributed by atoms with Gasteiger partial charge in [0.1, 0.15) is 0 Å². The van der Waals surface area contributed by atoms with Crippen LogP contribution in [0.5, 0.6) is 0 Å². The lowest BCUT2D eigenvalue weighted by Crippen LogP contribution is -1.88. The number of hydrogen-bond donors (Lipinski definition) is 0. The van der Waals surface area contributed by atoms with Crippen molar-refractivity contribution in [1.82, 2.24) is 5.16 Å². The number of halogens is 1. The van der Waals surface area contributed by atoms with Crippen molar-refractivity contribution in [3.8, 4) is 0 Å². The summed E-state index contributed by atoms with van der Waals surface area (Å²) in [5, 5.41) is 4.85. The highest BCUT2D eigenvalue weighted by atomic mass is 19.1. The fraction of sp³-hybridized carbons (Fsp3) is 0.231. The third-order valence-corrected chi connectivity index (χ3v) is 2.97. The Morgan fingerprint density at radius 3 is 2.82 bits per heavy atom. The highest BCUT2D eigenvalue weighted by Gasteiger charge is 2.17. The Labute approximate surface area is 97.6 Å². The lowest BCUT2D eigenvalue weighted by atomic mass is 10.0. The van der Waals surface area contributed by atoms with Crippen molar-refractivity contribution in [1.29, 1.82) is 0 Å². The van der Waals surface area contributed by atoms with Gasteiger partial charge in [-0.1, -0.05) is 11.2 Å². The second-order valence-electron chi connectivity index (χ2n) is 4.27. The minimum atomic E-state index is -0.391. The van der Waals surface area contributed by atoms with E-state index in [2.05, 4.69) is 10.1 Å². The van der Waals surface area contributed by atoms with Crippen molar-refractivity contribution in [2.45, 2.75) is 20.3 Å². The molecular weight excluding hydrogens is 219 g/mol. The van der Waals surface area contributed by atoms with Crippen LogP contribution in [0.4, 0.5) is 4.39 Å². The van der Waals surface area contributed by atoms with Gasteiger partial charge in [-0.3, -0.25) is 0 Å². The number of nitrogens with zero attached hydrogens (tertiary/aromatic N) is 2. The van der Waals surface area contributed by atoms with Gasteiger partial charge in [0.05, 0.1) is 5.69 Å². The number of benzene rings is 1. The van der Waals surface area contributed by atoms with Crippen molar-refractivity contribution < 1.29 is 8.91 Å². The molecule has 0 bridgehead atoms. The van der Waals surface area contributed by atoms with Crippen molar-refractivity contribution >= 4 is 22.3 Å². The van der Waals surface area contributed by atoms with Crippen LogP contribution in [0.2, 0.25) is 0 Å².